The van der Waals surface area contributed by atoms with Crippen molar-refractivity contribution in [3.05, 3.63) is 54.6 Å². The summed E-state index contributed by atoms with van der Waals surface area (Å²) in [4.78, 5) is 38.3. The summed E-state index contributed by atoms with van der Waals surface area (Å²) in [5, 5.41) is 5.00. The van der Waals surface area contributed by atoms with Crippen LogP contribution in [0.4, 0.5) is 5.69 Å². The van der Waals surface area contributed by atoms with Crippen molar-refractivity contribution < 1.29 is 14.4 Å². The molecule has 2 aliphatic rings. The fraction of sp³-hybridized carbons (Fsp3) is 0.286. The van der Waals surface area contributed by atoms with Gasteiger partial charge in [0.25, 0.3) is 0 Å². The molecular formula is C21H20N2O3. The molecule has 3 amide bonds. The summed E-state index contributed by atoms with van der Waals surface area (Å²) in [6, 6.07) is 13.6. The van der Waals surface area contributed by atoms with E-state index in [4.69, 9.17) is 0 Å². The van der Waals surface area contributed by atoms with Crippen LogP contribution in [0.25, 0.3) is 10.8 Å². The van der Waals surface area contributed by atoms with Crippen LogP contribution in [0.1, 0.15) is 19.3 Å². The molecule has 1 heterocycles. The highest BCUT2D eigenvalue weighted by Gasteiger charge is 2.46. The van der Waals surface area contributed by atoms with E-state index in [2.05, 4.69) is 5.32 Å². The molecular weight excluding hydrogens is 328 g/mol. The molecule has 2 aromatic rings. The van der Waals surface area contributed by atoms with Crippen LogP contribution in [0.3, 0.4) is 0 Å². The Morgan fingerprint density at radius 1 is 0.962 bits per heavy atom. The van der Waals surface area contributed by atoms with E-state index in [1.165, 1.54) is 4.90 Å². The molecule has 0 spiro atoms. The van der Waals surface area contributed by atoms with Gasteiger partial charge in [0.2, 0.25) is 17.7 Å². The predicted octanol–water partition coefficient (Wildman–Crippen LogP) is 3.12. The van der Waals surface area contributed by atoms with Gasteiger partial charge >= 0.3 is 0 Å². The molecule has 4 rings (SSSR count). The SMILES string of the molecule is O=C(CCN1C(=O)[C@@H]2CC=CC[C@H]2C1=O)Nc1ccc2ccccc2c1. The van der Waals surface area contributed by atoms with Gasteiger partial charge in [0.1, 0.15) is 0 Å². The van der Waals surface area contributed by atoms with Crippen molar-refractivity contribution >= 4 is 34.2 Å². The van der Waals surface area contributed by atoms with Crippen LogP contribution in [0.15, 0.2) is 54.6 Å². The van der Waals surface area contributed by atoms with Crippen LogP contribution in [0, 0.1) is 11.8 Å². The van der Waals surface area contributed by atoms with Gasteiger partial charge in [-0.25, -0.2) is 0 Å². The fourth-order valence-corrected chi connectivity index (χ4v) is 3.79. The molecule has 2 aromatic carbocycles. The Kier molecular flexibility index (Phi) is 4.29. The lowest BCUT2D eigenvalue weighted by Crippen LogP contribution is -2.34. The number of hydrogen-bond acceptors (Lipinski definition) is 3. The van der Waals surface area contributed by atoms with E-state index in [-0.39, 0.29) is 42.5 Å². The number of hydrogen-bond donors (Lipinski definition) is 1. The van der Waals surface area contributed by atoms with E-state index in [0.29, 0.717) is 18.5 Å². The normalized spacial score (nSPS) is 21.9. The van der Waals surface area contributed by atoms with Crippen molar-refractivity contribution in [2.45, 2.75) is 19.3 Å². The van der Waals surface area contributed by atoms with Crippen LogP contribution in [-0.2, 0) is 14.4 Å². The quantitative estimate of drug-likeness (QED) is 0.682. The van der Waals surface area contributed by atoms with Crippen LogP contribution in [0.2, 0.25) is 0 Å². The second-order valence-electron chi connectivity index (χ2n) is 6.84. The lowest BCUT2D eigenvalue weighted by Gasteiger charge is -2.14. The van der Waals surface area contributed by atoms with E-state index in [0.717, 1.165) is 10.8 Å². The Bertz CT molecular complexity index is 892. The molecule has 0 unspecified atom stereocenters. The highest BCUT2D eigenvalue weighted by Crippen LogP contribution is 2.35. The molecule has 1 saturated heterocycles. The first kappa shape index (κ1) is 16.5. The van der Waals surface area contributed by atoms with Gasteiger partial charge in [-0.05, 0) is 35.7 Å². The monoisotopic (exact) mass is 348 g/mol. The minimum atomic E-state index is -0.240. The largest absolute Gasteiger partial charge is 0.326 e. The van der Waals surface area contributed by atoms with Crippen molar-refractivity contribution in [3.8, 4) is 0 Å². The van der Waals surface area contributed by atoms with Crippen molar-refractivity contribution in [2.75, 3.05) is 11.9 Å². The first-order valence-electron chi connectivity index (χ1n) is 8.92. The molecule has 26 heavy (non-hydrogen) atoms. The number of nitrogens with one attached hydrogen (secondary N) is 1. The third-order valence-corrected chi connectivity index (χ3v) is 5.19. The molecule has 0 radical (unpaired) electrons. The molecule has 1 aliphatic heterocycles. The Hall–Kier alpha value is -2.95. The van der Waals surface area contributed by atoms with E-state index in [1.807, 2.05) is 54.6 Å². The fourth-order valence-electron chi connectivity index (χ4n) is 3.79. The molecule has 132 valence electrons. The number of fused-ring (bicyclic) bond motifs is 2. The Balaban J connectivity index is 1.37. The summed E-state index contributed by atoms with van der Waals surface area (Å²) in [5.41, 5.74) is 0.714. The van der Waals surface area contributed by atoms with Crippen LogP contribution in [0.5, 0.6) is 0 Å². The molecule has 5 heteroatoms. The molecule has 1 fully saturated rings. The highest BCUT2D eigenvalue weighted by molar-refractivity contribution is 6.06. The summed E-state index contributed by atoms with van der Waals surface area (Å²) in [6.45, 7) is 0.143. The Labute approximate surface area is 151 Å². The number of likely N-dealkylation sites (tertiary alicyclic amines) is 1. The number of imide groups is 1. The number of benzene rings is 2. The Morgan fingerprint density at radius 2 is 1.62 bits per heavy atom. The number of anilines is 1. The lowest BCUT2D eigenvalue weighted by atomic mass is 9.85. The van der Waals surface area contributed by atoms with Crippen LogP contribution in [-0.4, -0.2) is 29.2 Å². The van der Waals surface area contributed by atoms with Gasteiger partial charge in [0.15, 0.2) is 0 Å². The van der Waals surface area contributed by atoms with Crippen molar-refractivity contribution in [1.29, 1.82) is 0 Å². The summed E-state index contributed by atoms with van der Waals surface area (Å²) in [7, 11) is 0. The number of carbonyl (C=O) groups excluding carboxylic acids is 3. The van der Waals surface area contributed by atoms with Crippen molar-refractivity contribution in [3.63, 3.8) is 0 Å². The molecule has 1 aliphatic carbocycles. The van der Waals surface area contributed by atoms with Gasteiger partial charge in [0, 0.05) is 18.7 Å². The number of carbonyl (C=O) groups is 3. The number of nitrogens with zero attached hydrogens (tertiary/aromatic N) is 1. The third kappa shape index (κ3) is 3.01. The predicted molar refractivity (Wildman–Crippen MR) is 99.3 cm³/mol. The Morgan fingerprint density at radius 3 is 2.31 bits per heavy atom. The first-order chi connectivity index (χ1) is 12.6. The molecule has 5 nitrogen and oxygen atoms in total. The second kappa shape index (κ2) is 6.75. The van der Waals surface area contributed by atoms with Crippen LogP contribution < -0.4 is 5.32 Å². The van der Waals surface area contributed by atoms with Gasteiger partial charge in [-0.1, -0.05) is 42.5 Å². The molecule has 0 saturated carbocycles. The number of allylic oxidation sites excluding steroid dienone is 2. The van der Waals surface area contributed by atoms with E-state index in [9.17, 15) is 14.4 Å². The maximum Gasteiger partial charge on any atom is 0.233 e. The van der Waals surface area contributed by atoms with Crippen molar-refractivity contribution in [2.24, 2.45) is 11.8 Å². The average Bonchev–Trinajstić information content (AvgIpc) is 2.91. The third-order valence-electron chi connectivity index (χ3n) is 5.19. The standard InChI is InChI=1S/C21H20N2O3/c24-19(22-16-10-9-14-5-1-2-6-15(14)13-16)11-12-23-20(25)17-7-3-4-8-18(17)21(23)26/h1-6,9-10,13,17-18H,7-8,11-12H2,(H,22,24)/t17-,18-/m1/s1. The molecule has 0 aromatic heterocycles. The van der Waals surface area contributed by atoms with Gasteiger partial charge in [-0.2, -0.15) is 0 Å². The van der Waals surface area contributed by atoms with Gasteiger partial charge in [-0.15, -0.1) is 0 Å². The summed E-state index contributed by atoms with van der Waals surface area (Å²) in [6.07, 6.45) is 5.27. The maximum atomic E-state index is 12.4. The average molecular weight is 348 g/mol. The van der Waals surface area contributed by atoms with E-state index in [1.54, 1.807) is 0 Å². The zero-order valence-electron chi connectivity index (χ0n) is 14.4. The highest BCUT2D eigenvalue weighted by atomic mass is 16.2. The zero-order valence-corrected chi connectivity index (χ0v) is 14.4. The molecule has 1 N–H and O–H groups in total. The van der Waals surface area contributed by atoms with Gasteiger partial charge in [-0.3, -0.25) is 19.3 Å². The van der Waals surface area contributed by atoms with Crippen molar-refractivity contribution in [1.82, 2.24) is 4.90 Å². The lowest BCUT2D eigenvalue weighted by molar-refractivity contribution is -0.140. The van der Waals surface area contributed by atoms with Gasteiger partial charge < -0.3 is 5.32 Å². The first-order valence-corrected chi connectivity index (χ1v) is 8.92. The minimum absolute atomic E-state index is 0.108. The summed E-state index contributed by atoms with van der Waals surface area (Å²) < 4.78 is 0. The molecule has 0 bridgehead atoms. The maximum absolute atomic E-state index is 12.4. The topological polar surface area (TPSA) is 66.5 Å². The smallest absolute Gasteiger partial charge is 0.233 e. The minimum Gasteiger partial charge on any atom is -0.326 e. The van der Waals surface area contributed by atoms with Crippen LogP contribution >= 0.6 is 0 Å². The summed E-state index contributed by atoms with van der Waals surface area (Å²) >= 11 is 0. The van der Waals surface area contributed by atoms with E-state index < -0.39 is 0 Å². The number of amides is 3. The van der Waals surface area contributed by atoms with Gasteiger partial charge in [0.05, 0.1) is 11.8 Å². The zero-order chi connectivity index (χ0) is 18.1. The van der Waals surface area contributed by atoms with E-state index >= 15 is 0 Å². The second-order valence-corrected chi connectivity index (χ2v) is 6.84. The number of rotatable bonds is 4. The summed E-state index contributed by atoms with van der Waals surface area (Å²) in [5.74, 6) is -0.952. The molecule has 2 atom stereocenters.